The van der Waals surface area contributed by atoms with Gasteiger partial charge in [-0.2, -0.15) is 0 Å². The fraction of sp³-hybridized carbons (Fsp3) is 0.333. The normalized spacial score (nSPS) is 15.7. The highest BCUT2D eigenvalue weighted by Gasteiger charge is 2.28. The van der Waals surface area contributed by atoms with E-state index in [2.05, 4.69) is 0 Å². The zero-order valence-corrected chi connectivity index (χ0v) is 18.4. The Bertz CT molecular complexity index is 1160. The lowest BCUT2D eigenvalue weighted by Crippen LogP contribution is -2.40. The highest BCUT2D eigenvalue weighted by atomic mass is 32.3. The van der Waals surface area contributed by atoms with Gasteiger partial charge >= 0.3 is 5.97 Å². The van der Waals surface area contributed by atoms with Crippen molar-refractivity contribution < 1.29 is 31.2 Å². The summed E-state index contributed by atoms with van der Waals surface area (Å²) in [5.41, 5.74) is 0. The largest absolute Gasteiger partial charge is 0.426 e. The van der Waals surface area contributed by atoms with Crippen molar-refractivity contribution in [1.82, 2.24) is 4.90 Å². The first-order chi connectivity index (χ1) is 14.0. The Labute approximate surface area is 178 Å². The lowest BCUT2D eigenvalue weighted by Gasteiger charge is -2.29. The van der Waals surface area contributed by atoms with Crippen molar-refractivity contribution in [1.29, 1.82) is 0 Å². The van der Waals surface area contributed by atoms with Crippen molar-refractivity contribution in [2.24, 2.45) is 11.1 Å². The van der Waals surface area contributed by atoms with E-state index in [0.717, 1.165) is 6.07 Å². The predicted molar refractivity (Wildman–Crippen MR) is 108 cm³/mol. The standard InChI is InChI=1S/C18H20N2O7S3/c1-12(21)20-10-8-13(9-11-20)18(22)27-14-2-4-15(5-3-14)29(23,24)16-6-7-17(28-16)30(19,25)26/h2-7,13H,8-11H2,1H3,(H2,19,25,26). The van der Waals surface area contributed by atoms with Gasteiger partial charge in [0.1, 0.15) is 14.2 Å². The number of sulfonamides is 1. The molecule has 1 amide bonds. The van der Waals surface area contributed by atoms with Gasteiger partial charge in [-0.3, -0.25) is 9.59 Å². The van der Waals surface area contributed by atoms with Crippen LogP contribution in [0.5, 0.6) is 5.75 Å². The number of amides is 1. The molecule has 2 N–H and O–H groups in total. The van der Waals surface area contributed by atoms with Gasteiger partial charge in [0.15, 0.2) is 0 Å². The molecule has 1 aliphatic heterocycles. The molecule has 1 aromatic carbocycles. The Balaban J connectivity index is 1.68. The van der Waals surface area contributed by atoms with E-state index in [1.807, 2.05) is 0 Å². The lowest BCUT2D eigenvalue weighted by atomic mass is 9.97. The molecule has 1 aromatic heterocycles. The van der Waals surface area contributed by atoms with Crippen molar-refractivity contribution in [3.63, 3.8) is 0 Å². The SMILES string of the molecule is CC(=O)N1CCC(C(=O)Oc2ccc(S(=O)(=O)c3ccc(S(N)(=O)=O)s3)cc2)CC1. The average molecular weight is 473 g/mol. The number of hydrogen-bond donors (Lipinski definition) is 1. The lowest BCUT2D eigenvalue weighted by molar-refractivity contribution is -0.142. The second kappa shape index (κ2) is 8.46. The molecule has 9 nitrogen and oxygen atoms in total. The Morgan fingerprint density at radius 3 is 2.07 bits per heavy atom. The third-order valence-electron chi connectivity index (χ3n) is 4.73. The number of thiophene rings is 1. The minimum absolute atomic E-state index is 0.0273. The van der Waals surface area contributed by atoms with E-state index in [-0.39, 0.29) is 30.9 Å². The first kappa shape index (κ1) is 22.4. The van der Waals surface area contributed by atoms with Crippen LogP contribution in [0.25, 0.3) is 0 Å². The van der Waals surface area contributed by atoms with E-state index < -0.39 is 25.8 Å². The van der Waals surface area contributed by atoms with Crippen LogP contribution < -0.4 is 9.88 Å². The molecule has 0 saturated carbocycles. The predicted octanol–water partition coefficient (Wildman–Crippen LogP) is 1.39. The number of hydrogen-bond acceptors (Lipinski definition) is 8. The number of carbonyl (C=O) groups excluding carboxylic acids is 2. The van der Waals surface area contributed by atoms with Crippen LogP contribution in [0.3, 0.4) is 0 Å². The summed E-state index contributed by atoms with van der Waals surface area (Å²) in [7, 11) is -7.93. The highest BCUT2D eigenvalue weighted by Crippen LogP contribution is 2.30. The summed E-state index contributed by atoms with van der Waals surface area (Å²) in [5, 5.41) is 5.02. The Kier molecular flexibility index (Phi) is 6.32. The summed E-state index contributed by atoms with van der Waals surface area (Å²) in [6.45, 7) is 2.47. The number of ether oxygens (including phenoxy) is 1. The molecular formula is C18H20N2O7S3. The molecule has 1 fully saturated rings. The van der Waals surface area contributed by atoms with Crippen molar-refractivity contribution in [2.45, 2.75) is 33.1 Å². The molecule has 0 aliphatic carbocycles. The van der Waals surface area contributed by atoms with Crippen molar-refractivity contribution in [2.75, 3.05) is 13.1 Å². The Morgan fingerprint density at radius 2 is 1.57 bits per heavy atom. The maximum absolute atomic E-state index is 12.7. The highest BCUT2D eigenvalue weighted by molar-refractivity contribution is 7.95. The van der Waals surface area contributed by atoms with Gasteiger partial charge in [0.25, 0.3) is 0 Å². The minimum Gasteiger partial charge on any atom is -0.426 e. The van der Waals surface area contributed by atoms with Gasteiger partial charge in [0.2, 0.25) is 25.8 Å². The molecule has 2 aromatic rings. The van der Waals surface area contributed by atoms with Crippen LogP contribution in [-0.2, 0) is 29.4 Å². The number of rotatable bonds is 5. The van der Waals surface area contributed by atoms with Crippen LogP contribution in [-0.4, -0.2) is 46.7 Å². The number of piperidine rings is 1. The topological polar surface area (TPSA) is 141 Å². The first-order valence-electron chi connectivity index (χ1n) is 8.93. The zero-order chi connectivity index (χ0) is 22.1. The number of carbonyl (C=O) groups is 2. The van der Waals surface area contributed by atoms with Crippen molar-refractivity contribution in [3.05, 3.63) is 36.4 Å². The van der Waals surface area contributed by atoms with Gasteiger partial charge in [0, 0.05) is 20.0 Å². The molecule has 0 bridgehead atoms. The van der Waals surface area contributed by atoms with Crippen LogP contribution >= 0.6 is 11.3 Å². The van der Waals surface area contributed by atoms with Crippen LogP contribution in [0.1, 0.15) is 19.8 Å². The molecule has 0 atom stereocenters. The number of nitrogens with zero attached hydrogens (tertiary/aromatic N) is 1. The third-order valence-corrected chi connectivity index (χ3v) is 9.51. The molecule has 0 spiro atoms. The molecule has 12 heteroatoms. The van der Waals surface area contributed by atoms with Crippen LogP contribution in [0.4, 0.5) is 0 Å². The monoisotopic (exact) mass is 472 g/mol. The summed E-state index contributed by atoms with van der Waals surface area (Å²) in [6, 6.07) is 7.62. The maximum Gasteiger partial charge on any atom is 0.314 e. The second-order valence-electron chi connectivity index (χ2n) is 6.79. The summed E-state index contributed by atoms with van der Waals surface area (Å²) < 4.78 is 53.0. The van der Waals surface area contributed by atoms with Gasteiger partial charge in [-0.25, -0.2) is 22.0 Å². The Morgan fingerprint density at radius 1 is 1.00 bits per heavy atom. The van der Waals surface area contributed by atoms with E-state index in [0.29, 0.717) is 37.3 Å². The van der Waals surface area contributed by atoms with Crippen molar-refractivity contribution in [3.8, 4) is 5.75 Å². The molecule has 2 heterocycles. The molecule has 3 rings (SSSR count). The third kappa shape index (κ3) is 4.89. The van der Waals surface area contributed by atoms with Gasteiger partial charge in [0.05, 0.1) is 10.8 Å². The molecule has 1 saturated heterocycles. The quantitative estimate of drug-likeness (QED) is 0.512. The summed E-state index contributed by atoms with van der Waals surface area (Å²) in [4.78, 5) is 25.3. The van der Waals surface area contributed by atoms with Gasteiger partial charge in [-0.05, 0) is 49.2 Å². The van der Waals surface area contributed by atoms with E-state index in [4.69, 9.17) is 9.88 Å². The van der Waals surface area contributed by atoms with Gasteiger partial charge in [-0.15, -0.1) is 11.3 Å². The second-order valence-corrected chi connectivity index (χ2v) is 11.8. The van der Waals surface area contributed by atoms with Gasteiger partial charge in [-0.1, -0.05) is 0 Å². The van der Waals surface area contributed by atoms with Crippen LogP contribution in [0.2, 0.25) is 0 Å². The van der Waals surface area contributed by atoms with E-state index in [9.17, 15) is 26.4 Å². The number of esters is 1. The van der Waals surface area contributed by atoms with Gasteiger partial charge < -0.3 is 9.64 Å². The van der Waals surface area contributed by atoms with Crippen LogP contribution in [0.15, 0.2) is 49.7 Å². The van der Waals surface area contributed by atoms with Crippen LogP contribution in [0, 0.1) is 5.92 Å². The fourth-order valence-corrected chi connectivity index (χ4v) is 6.62. The number of sulfone groups is 1. The number of benzene rings is 1. The molecule has 30 heavy (non-hydrogen) atoms. The average Bonchev–Trinajstić information content (AvgIpc) is 3.20. The van der Waals surface area contributed by atoms with E-state index in [1.54, 1.807) is 4.90 Å². The Hall–Kier alpha value is -2.28. The smallest absolute Gasteiger partial charge is 0.314 e. The zero-order valence-electron chi connectivity index (χ0n) is 16.0. The number of primary sulfonamides is 1. The van der Waals surface area contributed by atoms with E-state index in [1.165, 1.54) is 37.3 Å². The molecule has 0 radical (unpaired) electrons. The summed E-state index contributed by atoms with van der Waals surface area (Å²) in [5.74, 6) is -0.582. The van der Waals surface area contributed by atoms with Crippen molar-refractivity contribution >= 4 is 43.1 Å². The number of likely N-dealkylation sites (tertiary alicyclic amines) is 1. The summed E-state index contributed by atoms with van der Waals surface area (Å²) >= 11 is 0.563. The first-order valence-corrected chi connectivity index (χ1v) is 12.8. The van der Waals surface area contributed by atoms with E-state index >= 15 is 0 Å². The molecule has 162 valence electrons. The molecule has 1 aliphatic rings. The summed E-state index contributed by atoms with van der Waals surface area (Å²) in [6.07, 6.45) is 1.02. The minimum atomic E-state index is -3.99. The fourth-order valence-electron chi connectivity index (χ4n) is 3.03. The number of nitrogens with two attached hydrogens (primary N) is 1. The maximum atomic E-state index is 12.7. The molecule has 0 unspecified atom stereocenters. The molecular weight excluding hydrogens is 452 g/mol.